The van der Waals surface area contributed by atoms with Crippen LogP contribution in [0.5, 0.6) is 5.75 Å². The summed E-state index contributed by atoms with van der Waals surface area (Å²) in [7, 11) is 0. The summed E-state index contributed by atoms with van der Waals surface area (Å²) in [6.07, 6.45) is -4.52. The van der Waals surface area contributed by atoms with E-state index in [9.17, 15) is 26.7 Å². The minimum atomic E-state index is -4.52. The largest absolute Gasteiger partial charge is 0.433 e. The molecule has 0 saturated carbocycles. The number of aromatic nitrogens is 4. The molecule has 0 spiro atoms. The van der Waals surface area contributed by atoms with Crippen LogP contribution in [-0.4, -0.2) is 32.7 Å². The van der Waals surface area contributed by atoms with Crippen LogP contribution in [0, 0.1) is 0 Å². The zero-order valence-corrected chi connectivity index (χ0v) is 15.5. The summed E-state index contributed by atoms with van der Waals surface area (Å²) in [4.78, 5) is 13.0. The van der Waals surface area contributed by atoms with E-state index in [0.29, 0.717) is 0 Å². The number of halogens is 6. The molecule has 0 fully saturated rings. The van der Waals surface area contributed by atoms with E-state index in [4.69, 9.17) is 11.6 Å². The number of hydrogen-bond donors (Lipinski definition) is 1. The van der Waals surface area contributed by atoms with Gasteiger partial charge in [0.25, 0.3) is 0 Å². The smallest absolute Gasteiger partial charge is 0.416 e. The van der Waals surface area contributed by atoms with Crippen molar-refractivity contribution in [3.05, 3.63) is 53.1 Å². The lowest BCUT2D eigenvalue weighted by atomic mass is 10.1. The first-order chi connectivity index (χ1) is 14.1. The number of amides is 1. The predicted molar refractivity (Wildman–Crippen MR) is 95.0 cm³/mol. The maximum Gasteiger partial charge on any atom is 0.416 e. The number of ether oxygens (including phenoxy) is 1. The highest BCUT2D eigenvalue weighted by atomic mass is 35.5. The molecule has 0 atom stereocenters. The molecule has 1 heterocycles. The number of rotatable bonds is 6. The van der Waals surface area contributed by atoms with E-state index in [0.717, 1.165) is 23.0 Å². The van der Waals surface area contributed by atoms with E-state index < -0.39 is 30.8 Å². The summed E-state index contributed by atoms with van der Waals surface area (Å²) in [5.74, 6) is -0.958. The Hall–Kier alpha value is -3.28. The van der Waals surface area contributed by atoms with Gasteiger partial charge in [0, 0.05) is 11.3 Å². The van der Waals surface area contributed by atoms with Gasteiger partial charge in [-0.15, -0.1) is 10.2 Å². The highest BCUT2D eigenvalue weighted by molar-refractivity contribution is 6.32. The second kappa shape index (κ2) is 8.61. The first kappa shape index (κ1) is 21.4. The predicted octanol–water partition coefficient (Wildman–Crippen LogP) is 4.25. The van der Waals surface area contributed by atoms with E-state index in [1.165, 1.54) is 24.3 Å². The molecule has 0 aliphatic carbocycles. The molecule has 0 radical (unpaired) electrons. The third-order valence-corrected chi connectivity index (χ3v) is 3.91. The van der Waals surface area contributed by atoms with Crippen LogP contribution in [0.3, 0.4) is 0 Å². The third-order valence-electron chi connectivity index (χ3n) is 3.62. The number of carbonyl (C=O) groups is 1. The fourth-order valence-electron chi connectivity index (χ4n) is 2.36. The van der Waals surface area contributed by atoms with Crippen LogP contribution in [0.25, 0.3) is 11.4 Å². The van der Waals surface area contributed by atoms with Crippen LogP contribution in [0.15, 0.2) is 42.5 Å². The lowest BCUT2D eigenvalue weighted by Gasteiger charge is -2.09. The first-order valence-electron chi connectivity index (χ1n) is 8.11. The number of nitrogens with one attached hydrogen (secondary N) is 1. The molecule has 13 heteroatoms. The van der Waals surface area contributed by atoms with Crippen molar-refractivity contribution in [3.8, 4) is 17.1 Å². The van der Waals surface area contributed by atoms with E-state index in [1.54, 1.807) is 0 Å². The van der Waals surface area contributed by atoms with Crippen LogP contribution in [0.2, 0.25) is 5.02 Å². The van der Waals surface area contributed by atoms with Gasteiger partial charge in [-0.25, -0.2) is 0 Å². The fraction of sp³-hybridized carbons (Fsp3) is 0.176. The molecule has 3 rings (SSSR count). The molecule has 0 saturated heterocycles. The molecule has 1 amide bonds. The van der Waals surface area contributed by atoms with Crippen molar-refractivity contribution >= 4 is 23.2 Å². The van der Waals surface area contributed by atoms with E-state index in [2.05, 4.69) is 25.5 Å². The van der Waals surface area contributed by atoms with Crippen molar-refractivity contribution in [2.24, 2.45) is 0 Å². The molecule has 0 unspecified atom stereocenters. The van der Waals surface area contributed by atoms with Gasteiger partial charge in [0.1, 0.15) is 12.3 Å². The number of nitrogens with zero attached hydrogens (tertiary/aromatic N) is 4. The Kier molecular flexibility index (Phi) is 6.15. The van der Waals surface area contributed by atoms with Gasteiger partial charge in [-0.1, -0.05) is 23.7 Å². The molecule has 1 N–H and O–H groups in total. The van der Waals surface area contributed by atoms with Gasteiger partial charge in [-0.05, 0) is 35.5 Å². The summed E-state index contributed by atoms with van der Waals surface area (Å²) in [5.41, 5.74) is -0.590. The van der Waals surface area contributed by atoms with Crippen molar-refractivity contribution in [1.29, 1.82) is 0 Å². The zero-order chi connectivity index (χ0) is 21.9. The van der Waals surface area contributed by atoms with Crippen LogP contribution in [-0.2, 0) is 17.5 Å². The van der Waals surface area contributed by atoms with Gasteiger partial charge in [0.2, 0.25) is 11.7 Å². The second-order valence-corrected chi connectivity index (χ2v) is 6.20. The lowest BCUT2D eigenvalue weighted by molar-refractivity contribution is -0.137. The average molecular weight is 448 g/mol. The Labute approximate surface area is 170 Å². The lowest BCUT2D eigenvalue weighted by Crippen LogP contribution is -2.20. The number of anilines is 1. The van der Waals surface area contributed by atoms with Gasteiger partial charge >= 0.3 is 12.8 Å². The van der Waals surface area contributed by atoms with Crippen LogP contribution in [0.4, 0.5) is 27.6 Å². The Bertz CT molecular complexity index is 1060. The molecular weight excluding hydrogens is 437 g/mol. The molecule has 30 heavy (non-hydrogen) atoms. The minimum absolute atomic E-state index is 0.0814. The Balaban J connectivity index is 1.66. The molecule has 2 aromatic carbocycles. The van der Waals surface area contributed by atoms with Crippen molar-refractivity contribution in [2.75, 3.05) is 5.32 Å². The molecule has 158 valence electrons. The Morgan fingerprint density at radius 3 is 2.63 bits per heavy atom. The molecule has 0 aliphatic rings. The number of benzene rings is 2. The minimum Gasteiger partial charge on any atom is -0.433 e. The van der Waals surface area contributed by atoms with Crippen molar-refractivity contribution in [3.63, 3.8) is 0 Å². The van der Waals surface area contributed by atoms with E-state index >= 15 is 0 Å². The van der Waals surface area contributed by atoms with E-state index in [-0.39, 0.29) is 27.8 Å². The normalized spacial score (nSPS) is 11.6. The molecule has 1 aromatic heterocycles. The topological polar surface area (TPSA) is 81.9 Å². The Morgan fingerprint density at radius 2 is 1.97 bits per heavy atom. The fourth-order valence-corrected chi connectivity index (χ4v) is 2.58. The van der Waals surface area contributed by atoms with Gasteiger partial charge in [0.15, 0.2) is 0 Å². The standard InChI is InChI=1S/C17H11ClF5N5O2/c18-12-7-11(4-5-13(12)30-16(19)20)24-14(29)8-28-26-15(25-27-28)9-2-1-3-10(6-9)17(21,22)23/h1-7,16H,8H2,(H,24,29). The average Bonchev–Trinajstić information content (AvgIpc) is 3.11. The van der Waals surface area contributed by atoms with Gasteiger partial charge in [0.05, 0.1) is 10.6 Å². The third kappa shape index (κ3) is 5.41. The summed E-state index contributed by atoms with van der Waals surface area (Å²) < 4.78 is 67.1. The van der Waals surface area contributed by atoms with Gasteiger partial charge < -0.3 is 10.1 Å². The van der Waals surface area contributed by atoms with Crippen molar-refractivity contribution in [2.45, 2.75) is 19.3 Å². The molecule has 0 aliphatic heterocycles. The summed E-state index contributed by atoms with van der Waals surface area (Å²) in [6, 6.07) is 8.02. The van der Waals surface area contributed by atoms with Gasteiger partial charge in [-0.3, -0.25) is 4.79 Å². The SMILES string of the molecule is O=C(Cn1nnc(-c2cccc(C(F)(F)F)c2)n1)Nc1ccc(OC(F)F)c(Cl)c1. The molecule has 3 aromatic rings. The molecule has 7 nitrogen and oxygen atoms in total. The maximum atomic E-state index is 12.8. The quantitative estimate of drug-likeness (QED) is 0.571. The number of alkyl halides is 5. The van der Waals surface area contributed by atoms with Crippen molar-refractivity contribution in [1.82, 2.24) is 20.2 Å². The van der Waals surface area contributed by atoms with E-state index in [1.807, 2.05) is 0 Å². The van der Waals surface area contributed by atoms with Crippen LogP contribution >= 0.6 is 11.6 Å². The van der Waals surface area contributed by atoms with Crippen LogP contribution < -0.4 is 10.1 Å². The molecular formula is C17H11ClF5N5O2. The van der Waals surface area contributed by atoms with Gasteiger partial charge in [-0.2, -0.15) is 26.7 Å². The highest BCUT2D eigenvalue weighted by Gasteiger charge is 2.30. The maximum absolute atomic E-state index is 12.8. The number of carbonyl (C=O) groups excluding carboxylic acids is 1. The number of tetrazole rings is 1. The van der Waals surface area contributed by atoms with Crippen molar-refractivity contribution < 1.29 is 31.5 Å². The zero-order valence-electron chi connectivity index (χ0n) is 14.7. The van der Waals surface area contributed by atoms with Crippen LogP contribution in [0.1, 0.15) is 5.56 Å². The monoisotopic (exact) mass is 447 g/mol. The number of hydrogen-bond acceptors (Lipinski definition) is 5. The Morgan fingerprint density at radius 1 is 1.20 bits per heavy atom. The highest BCUT2D eigenvalue weighted by Crippen LogP contribution is 2.31. The molecule has 0 bridgehead atoms. The summed E-state index contributed by atoms with van der Waals surface area (Å²) in [6.45, 7) is -3.45. The second-order valence-electron chi connectivity index (χ2n) is 5.79. The first-order valence-corrected chi connectivity index (χ1v) is 8.49. The summed E-state index contributed by atoms with van der Waals surface area (Å²) in [5, 5.41) is 13.5. The summed E-state index contributed by atoms with van der Waals surface area (Å²) >= 11 is 5.80.